The zero-order chi connectivity index (χ0) is 13.5. The van der Waals surface area contributed by atoms with Crippen molar-refractivity contribution in [3.05, 3.63) is 72.3 Å². The van der Waals surface area contributed by atoms with E-state index >= 15 is 0 Å². The van der Waals surface area contributed by atoms with Gasteiger partial charge in [-0.2, -0.15) is 0 Å². The predicted molar refractivity (Wildman–Crippen MR) is 84.5 cm³/mol. The van der Waals surface area contributed by atoms with Crippen molar-refractivity contribution in [2.45, 2.75) is 13.8 Å². The van der Waals surface area contributed by atoms with Crippen molar-refractivity contribution in [2.75, 3.05) is 6.61 Å². The van der Waals surface area contributed by atoms with Crippen LogP contribution < -0.4 is 10.6 Å². The van der Waals surface area contributed by atoms with Gasteiger partial charge in [-0.25, -0.2) is 0 Å². The second-order valence-corrected chi connectivity index (χ2v) is 6.42. The van der Waals surface area contributed by atoms with Gasteiger partial charge in [-0.05, 0) is 13.8 Å². The third kappa shape index (κ3) is 4.31. The first-order valence-electron chi connectivity index (χ1n) is 6.44. The molecule has 0 atom stereocenters. The van der Waals surface area contributed by atoms with Crippen molar-refractivity contribution in [3.8, 4) is 0 Å². The number of hydrogen-bond acceptors (Lipinski definition) is 1. The minimum absolute atomic E-state index is 0.665. The molecule has 0 bridgehead atoms. The molecule has 2 aromatic rings. The maximum absolute atomic E-state index is 6.11. The normalized spacial score (nSPS) is 10.5. The van der Waals surface area contributed by atoms with Crippen LogP contribution in [0.5, 0.6) is 0 Å². The lowest BCUT2D eigenvalue weighted by Crippen LogP contribution is -2.13. The summed E-state index contributed by atoms with van der Waals surface area (Å²) in [7, 11) is -0.726. The molecular weight excluding hydrogens is 251 g/mol. The highest BCUT2D eigenvalue weighted by Gasteiger charge is 2.13. The Morgan fingerprint density at radius 3 is 1.79 bits per heavy atom. The number of benzene rings is 2. The molecule has 2 heteroatoms. The van der Waals surface area contributed by atoms with Crippen LogP contribution in [0.2, 0.25) is 0 Å². The van der Waals surface area contributed by atoms with Crippen LogP contribution in [-0.4, -0.2) is 6.61 Å². The Morgan fingerprint density at radius 1 is 0.895 bits per heavy atom. The topological polar surface area (TPSA) is 9.23 Å². The van der Waals surface area contributed by atoms with Crippen molar-refractivity contribution < 1.29 is 4.52 Å². The Balaban J connectivity index is 2.21. The van der Waals surface area contributed by atoms with Gasteiger partial charge < -0.3 is 4.52 Å². The first-order valence-corrected chi connectivity index (χ1v) is 7.70. The maximum atomic E-state index is 6.11. The fourth-order valence-electron chi connectivity index (χ4n) is 1.70. The monoisotopic (exact) mass is 270 g/mol. The number of hydrogen-bond donors (Lipinski definition) is 0. The molecule has 0 saturated carbocycles. The highest BCUT2D eigenvalue weighted by Crippen LogP contribution is 2.34. The Bertz CT molecular complexity index is 476. The number of rotatable bonds is 5. The smallest absolute Gasteiger partial charge is 0.0922 e. The molecule has 0 amide bonds. The molecule has 0 aromatic heterocycles. The molecule has 0 radical (unpaired) electrons. The van der Waals surface area contributed by atoms with E-state index in [2.05, 4.69) is 68.5 Å². The Hall–Kier alpha value is -1.43. The highest BCUT2D eigenvalue weighted by molar-refractivity contribution is 7.68. The molecule has 0 aliphatic heterocycles. The van der Waals surface area contributed by atoms with E-state index in [1.807, 2.05) is 12.1 Å². The quantitative estimate of drug-likeness (QED) is 0.589. The third-order valence-electron chi connectivity index (χ3n) is 2.68. The summed E-state index contributed by atoms with van der Waals surface area (Å²) in [6.45, 7) is 4.85. The molecule has 0 heterocycles. The van der Waals surface area contributed by atoms with Crippen LogP contribution in [0.25, 0.3) is 0 Å². The molecule has 2 rings (SSSR count). The first-order chi connectivity index (χ1) is 9.27. The molecule has 0 aliphatic carbocycles. The van der Waals surface area contributed by atoms with Gasteiger partial charge in [0, 0.05) is 10.6 Å². The zero-order valence-corrected chi connectivity index (χ0v) is 12.3. The van der Waals surface area contributed by atoms with E-state index in [4.69, 9.17) is 4.52 Å². The van der Waals surface area contributed by atoms with Gasteiger partial charge in [0.2, 0.25) is 0 Å². The van der Waals surface area contributed by atoms with Gasteiger partial charge in [-0.3, -0.25) is 0 Å². The fourth-order valence-corrected chi connectivity index (χ4v) is 3.41. The van der Waals surface area contributed by atoms with Crippen molar-refractivity contribution in [2.24, 2.45) is 0 Å². The van der Waals surface area contributed by atoms with Crippen molar-refractivity contribution in [1.82, 2.24) is 0 Å². The molecule has 19 heavy (non-hydrogen) atoms. The lowest BCUT2D eigenvalue weighted by Gasteiger charge is -2.17. The summed E-state index contributed by atoms with van der Waals surface area (Å²) in [5, 5.41) is 2.51. The lowest BCUT2D eigenvalue weighted by atomic mass is 10.3. The van der Waals surface area contributed by atoms with Crippen LogP contribution in [0, 0.1) is 0 Å². The van der Waals surface area contributed by atoms with E-state index in [1.54, 1.807) is 0 Å². The van der Waals surface area contributed by atoms with Gasteiger partial charge in [0.25, 0.3) is 0 Å². The van der Waals surface area contributed by atoms with Crippen LogP contribution in [0.4, 0.5) is 0 Å². The Morgan fingerprint density at radius 2 is 1.37 bits per heavy atom. The average Bonchev–Trinajstić information content (AvgIpc) is 2.45. The van der Waals surface area contributed by atoms with E-state index in [1.165, 1.54) is 16.2 Å². The number of allylic oxidation sites excluding steroid dienone is 1. The van der Waals surface area contributed by atoms with Gasteiger partial charge in [-0.1, -0.05) is 72.3 Å². The minimum Gasteiger partial charge on any atom is -0.346 e. The third-order valence-corrected chi connectivity index (χ3v) is 4.62. The summed E-state index contributed by atoms with van der Waals surface area (Å²) in [6.07, 6.45) is 2.13. The Labute approximate surface area is 116 Å². The van der Waals surface area contributed by atoms with Crippen molar-refractivity contribution in [1.29, 1.82) is 0 Å². The minimum atomic E-state index is -0.726. The molecular formula is C17H19OP. The predicted octanol–water partition coefficient (Wildman–Crippen LogP) is 4.02. The molecule has 1 nitrogen and oxygen atoms in total. The van der Waals surface area contributed by atoms with Gasteiger partial charge in [-0.15, -0.1) is 0 Å². The van der Waals surface area contributed by atoms with Crippen LogP contribution >= 0.6 is 8.15 Å². The Kier molecular flexibility index (Phi) is 5.32. The molecule has 0 fully saturated rings. The lowest BCUT2D eigenvalue weighted by molar-refractivity contribution is 0.413. The molecule has 0 N–H and O–H groups in total. The van der Waals surface area contributed by atoms with Crippen LogP contribution in [0.1, 0.15) is 13.8 Å². The van der Waals surface area contributed by atoms with E-state index < -0.39 is 8.15 Å². The largest absolute Gasteiger partial charge is 0.346 e. The fraction of sp³-hybridized carbons (Fsp3) is 0.176. The van der Waals surface area contributed by atoms with Gasteiger partial charge in [0.15, 0.2) is 0 Å². The van der Waals surface area contributed by atoms with E-state index in [9.17, 15) is 0 Å². The maximum Gasteiger partial charge on any atom is 0.0922 e. The standard InChI is InChI=1S/C17H19OP/c1-15(2)13-14-18-19(16-9-5-3-6-10-16)17-11-7-4-8-12-17/h3-13H,14H2,1-2H3. The zero-order valence-electron chi connectivity index (χ0n) is 11.4. The van der Waals surface area contributed by atoms with Gasteiger partial charge >= 0.3 is 0 Å². The molecule has 0 spiro atoms. The molecule has 0 saturated heterocycles. The van der Waals surface area contributed by atoms with Crippen LogP contribution in [0.15, 0.2) is 72.3 Å². The second kappa shape index (κ2) is 7.23. The van der Waals surface area contributed by atoms with E-state index in [0.29, 0.717) is 6.61 Å². The molecule has 0 aliphatic rings. The summed E-state index contributed by atoms with van der Waals surface area (Å²) in [5.41, 5.74) is 1.29. The molecule has 2 aromatic carbocycles. The summed E-state index contributed by atoms with van der Waals surface area (Å²) in [5.74, 6) is 0. The second-order valence-electron chi connectivity index (χ2n) is 4.54. The average molecular weight is 270 g/mol. The van der Waals surface area contributed by atoms with Gasteiger partial charge in [0.05, 0.1) is 14.8 Å². The van der Waals surface area contributed by atoms with E-state index in [0.717, 1.165) is 0 Å². The molecule has 98 valence electrons. The van der Waals surface area contributed by atoms with E-state index in [-0.39, 0.29) is 0 Å². The van der Waals surface area contributed by atoms with Crippen molar-refractivity contribution in [3.63, 3.8) is 0 Å². The van der Waals surface area contributed by atoms with Crippen LogP contribution in [-0.2, 0) is 4.52 Å². The van der Waals surface area contributed by atoms with Crippen molar-refractivity contribution >= 4 is 18.8 Å². The highest BCUT2D eigenvalue weighted by atomic mass is 31.1. The summed E-state index contributed by atoms with van der Waals surface area (Å²) >= 11 is 0. The summed E-state index contributed by atoms with van der Waals surface area (Å²) < 4.78 is 6.11. The van der Waals surface area contributed by atoms with Gasteiger partial charge in [0.1, 0.15) is 0 Å². The SMILES string of the molecule is CC(C)=CCOP(c1ccccc1)c1ccccc1. The van der Waals surface area contributed by atoms with Crippen LogP contribution in [0.3, 0.4) is 0 Å². The summed E-state index contributed by atoms with van der Waals surface area (Å²) in [4.78, 5) is 0. The summed E-state index contributed by atoms with van der Waals surface area (Å²) in [6, 6.07) is 20.9. The first kappa shape index (κ1) is 14.0. The molecule has 0 unspecified atom stereocenters.